The summed E-state index contributed by atoms with van der Waals surface area (Å²) in [6.07, 6.45) is 1.52. The van der Waals surface area contributed by atoms with Crippen LogP contribution in [0.25, 0.3) is 11.6 Å². The van der Waals surface area contributed by atoms with Crippen LogP contribution in [-0.2, 0) is 4.79 Å². The summed E-state index contributed by atoms with van der Waals surface area (Å²) in [5, 5.41) is 11.3. The molecule has 0 spiro atoms. The fraction of sp³-hybridized carbons (Fsp3) is 0.133. The highest BCUT2D eigenvalue weighted by molar-refractivity contribution is 8.00. The van der Waals surface area contributed by atoms with Crippen LogP contribution in [0.1, 0.15) is 6.92 Å². The molecule has 0 fully saturated rings. The molecule has 0 aliphatic carbocycles. The largest absolute Gasteiger partial charge is 0.461 e. The van der Waals surface area contributed by atoms with Crippen LogP contribution in [0.5, 0.6) is 0 Å². The van der Waals surface area contributed by atoms with Gasteiger partial charge in [-0.15, -0.1) is 10.2 Å². The predicted octanol–water partition coefficient (Wildman–Crippen LogP) is 3.68. The first-order valence-corrected chi connectivity index (χ1v) is 8.77. The van der Waals surface area contributed by atoms with Crippen LogP contribution in [0.4, 0.5) is 5.69 Å². The summed E-state index contributed by atoms with van der Waals surface area (Å²) >= 11 is 13.2. The zero-order valence-electron chi connectivity index (χ0n) is 12.9. The van der Waals surface area contributed by atoms with Crippen molar-refractivity contribution in [3.05, 3.63) is 46.6 Å². The number of hydrogen-bond donors (Lipinski definition) is 2. The fourth-order valence-electron chi connectivity index (χ4n) is 1.98. The second-order valence-corrected chi connectivity index (χ2v) is 7.10. The molecule has 2 heterocycles. The van der Waals surface area contributed by atoms with Gasteiger partial charge in [-0.2, -0.15) is 0 Å². The number of nitrogens with two attached hydrogens (primary N) is 1. The molecule has 0 saturated carbocycles. The third-order valence-electron chi connectivity index (χ3n) is 3.27. The molecule has 3 N–H and O–H groups in total. The van der Waals surface area contributed by atoms with E-state index in [9.17, 15) is 4.79 Å². The summed E-state index contributed by atoms with van der Waals surface area (Å²) in [6.45, 7) is 1.72. The molecule has 0 aliphatic rings. The number of carbonyl (C=O) groups is 1. The molecule has 10 heteroatoms. The molecular formula is C15H13Cl2N5O2S. The van der Waals surface area contributed by atoms with Crippen molar-refractivity contribution in [3.8, 4) is 11.6 Å². The number of aromatic nitrogens is 3. The third-order valence-corrected chi connectivity index (χ3v) is 5.14. The Hall–Kier alpha value is -2.16. The first-order chi connectivity index (χ1) is 12.0. The third kappa shape index (κ3) is 3.76. The number of nitrogens with one attached hydrogen (secondary N) is 1. The topological polar surface area (TPSA) is 99.0 Å². The highest BCUT2D eigenvalue weighted by atomic mass is 35.5. The van der Waals surface area contributed by atoms with Crippen LogP contribution < -0.4 is 11.2 Å². The lowest BCUT2D eigenvalue weighted by Gasteiger charge is -2.12. The highest BCUT2D eigenvalue weighted by Gasteiger charge is 2.21. The number of nitrogens with zero attached hydrogens (tertiary/aromatic N) is 3. The van der Waals surface area contributed by atoms with Crippen molar-refractivity contribution in [2.24, 2.45) is 0 Å². The van der Waals surface area contributed by atoms with Crippen molar-refractivity contribution in [1.82, 2.24) is 14.9 Å². The Morgan fingerprint density at radius 3 is 2.84 bits per heavy atom. The normalized spacial score (nSPS) is 12.1. The minimum atomic E-state index is -0.494. The standard InChI is InChI=1S/C15H13Cl2N5O2S/c1-8(14(23)19-10-5-2-4-9(16)12(10)17)25-15-21-20-13(22(15)18)11-6-3-7-24-11/h2-8H,18H2,1H3,(H,19,23). The fourth-order valence-corrected chi connectivity index (χ4v) is 3.10. The number of furan rings is 1. The van der Waals surface area contributed by atoms with E-state index in [2.05, 4.69) is 15.5 Å². The Balaban J connectivity index is 1.71. The van der Waals surface area contributed by atoms with E-state index in [-0.39, 0.29) is 10.9 Å². The molecule has 1 amide bonds. The molecule has 3 rings (SSSR count). The van der Waals surface area contributed by atoms with E-state index >= 15 is 0 Å². The lowest BCUT2D eigenvalue weighted by atomic mass is 10.3. The number of halogens is 2. The Morgan fingerprint density at radius 1 is 1.32 bits per heavy atom. The molecule has 1 aromatic carbocycles. The second kappa shape index (κ2) is 7.38. The van der Waals surface area contributed by atoms with Gasteiger partial charge in [-0.05, 0) is 31.2 Å². The van der Waals surface area contributed by atoms with Crippen molar-refractivity contribution >= 4 is 46.6 Å². The van der Waals surface area contributed by atoms with E-state index < -0.39 is 5.25 Å². The molecule has 0 aliphatic heterocycles. The molecule has 130 valence electrons. The van der Waals surface area contributed by atoms with Crippen LogP contribution in [0.15, 0.2) is 46.2 Å². The van der Waals surface area contributed by atoms with E-state index in [1.807, 2.05) is 0 Å². The molecule has 3 aromatic rings. The first-order valence-electron chi connectivity index (χ1n) is 7.13. The lowest BCUT2D eigenvalue weighted by molar-refractivity contribution is -0.115. The number of thioether (sulfide) groups is 1. The van der Waals surface area contributed by atoms with Gasteiger partial charge in [0.05, 0.1) is 27.2 Å². The van der Waals surface area contributed by atoms with E-state index in [0.29, 0.717) is 27.5 Å². The number of carbonyl (C=O) groups excluding carboxylic acids is 1. The number of hydrogen-bond acceptors (Lipinski definition) is 6. The van der Waals surface area contributed by atoms with Gasteiger partial charge in [0.15, 0.2) is 5.76 Å². The van der Waals surface area contributed by atoms with Crippen molar-refractivity contribution in [3.63, 3.8) is 0 Å². The highest BCUT2D eigenvalue weighted by Crippen LogP contribution is 2.31. The predicted molar refractivity (Wildman–Crippen MR) is 98.3 cm³/mol. The Kier molecular flexibility index (Phi) is 5.22. The van der Waals surface area contributed by atoms with Gasteiger partial charge in [0.2, 0.25) is 16.9 Å². The summed E-state index contributed by atoms with van der Waals surface area (Å²) in [4.78, 5) is 12.4. The molecule has 0 bridgehead atoms. The maximum Gasteiger partial charge on any atom is 0.237 e. The van der Waals surface area contributed by atoms with Gasteiger partial charge in [0.25, 0.3) is 0 Å². The van der Waals surface area contributed by atoms with Crippen LogP contribution in [0.3, 0.4) is 0 Å². The molecule has 1 unspecified atom stereocenters. The minimum Gasteiger partial charge on any atom is -0.461 e. The second-order valence-electron chi connectivity index (χ2n) is 5.00. The van der Waals surface area contributed by atoms with Gasteiger partial charge >= 0.3 is 0 Å². The van der Waals surface area contributed by atoms with Gasteiger partial charge in [0, 0.05) is 0 Å². The SMILES string of the molecule is CC(Sc1nnc(-c2ccco2)n1N)C(=O)Nc1cccc(Cl)c1Cl. The van der Waals surface area contributed by atoms with E-state index in [4.69, 9.17) is 33.5 Å². The van der Waals surface area contributed by atoms with Gasteiger partial charge in [0.1, 0.15) is 0 Å². The number of rotatable bonds is 5. The number of anilines is 1. The average molecular weight is 398 g/mol. The van der Waals surface area contributed by atoms with Crippen molar-refractivity contribution < 1.29 is 9.21 Å². The molecule has 0 radical (unpaired) electrons. The van der Waals surface area contributed by atoms with E-state index in [1.165, 1.54) is 10.9 Å². The molecular weight excluding hydrogens is 385 g/mol. The molecule has 0 saturated heterocycles. The van der Waals surface area contributed by atoms with Gasteiger partial charge in [-0.3, -0.25) is 4.79 Å². The number of benzene rings is 1. The number of amides is 1. The molecule has 25 heavy (non-hydrogen) atoms. The zero-order valence-corrected chi connectivity index (χ0v) is 15.3. The maximum atomic E-state index is 12.4. The first kappa shape index (κ1) is 17.7. The van der Waals surface area contributed by atoms with Crippen LogP contribution in [0, 0.1) is 0 Å². The van der Waals surface area contributed by atoms with Gasteiger partial charge in [-0.1, -0.05) is 41.0 Å². The monoisotopic (exact) mass is 397 g/mol. The Morgan fingerprint density at radius 2 is 2.12 bits per heavy atom. The van der Waals surface area contributed by atoms with Crippen LogP contribution >= 0.6 is 35.0 Å². The number of nitrogen functional groups attached to an aromatic ring is 1. The summed E-state index contributed by atoms with van der Waals surface area (Å²) < 4.78 is 6.53. The Labute approximate surface area is 157 Å². The maximum absolute atomic E-state index is 12.4. The van der Waals surface area contributed by atoms with Crippen LogP contribution in [0.2, 0.25) is 10.0 Å². The summed E-state index contributed by atoms with van der Waals surface area (Å²) in [7, 11) is 0. The van der Waals surface area contributed by atoms with Gasteiger partial charge < -0.3 is 15.6 Å². The van der Waals surface area contributed by atoms with Crippen molar-refractivity contribution in [1.29, 1.82) is 0 Å². The van der Waals surface area contributed by atoms with Crippen molar-refractivity contribution in [2.75, 3.05) is 11.2 Å². The minimum absolute atomic E-state index is 0.267. The zero-order chi connectivity index (χ0) is 18.0. The van der Waals surface area contributed by atoms with E-state index in [0.717, 1.165) is 11.8 Å². The molecule has 7 nitrogen and oxygen atoms in total. The molecule has 2 aromatic heterocycles. The summed E-state index contributed by atoms with van der Waals surface area (Å²) in [5.74, 6) is 6.58. The summed E-state index contributed by atoms with van der Waals surface area (Å²) in [6, 6.07) is 8.46. The lowest BCUT2D eigenvalue weighted by Crippen LogP contribution is -2.23. The smallest absolute Gasteiger partial charge is 0.237 e. The quantitative estimate of drug-likeness (QED) is 0.503. The van der Waals surface area contributed by atoms with E-state index in [1.54, 1.807) is 37.3 Å². The van der Waals surface area contributed by atoms with Gasteiger partial charge in [-0.25, -0.2) is 4.68 Å². The summed E-state index contributed by atoms with van der Waals surface area (Å²) in [5.41, 5.74) is 0.442. The Bertz CT molecular complexity index is 897. The van der Waals surface area contributed by atoms with Crippen molar-refractivity contribution in [2.45, 2.75) is 17.3 Å². The average Bonchev–Trinajstić information content (AvgIpc) is 3.22. The molecule has 1 atom stereocenters. The van der Waals surface area contributed by atoms with Crippen LogP contribution in [-0.4, -0.2) is 26.0 Å².